The standard InChI is InChI=1S/C15H22BrNO/c1-2-8-17-10-13-6-7-15(14(16)9-13)18-11-12-4-3-5-12/h6-7,9,12,17H,2-5,8,10-11H2,1H3. The van der Waals surface area contributed by atoms with Crippen molar-refractivity contribution in [2.24, 2.45) is 5.92 Å². The Labute approximate surface area is 118 Å². The molecule has 100 valence electrons. The summed E-state index contributed by atoms with van der Waals surface area (Å²) in [5, 5.41) is 3.40. The highest BCUT2D eigenvalue weighted by Gasteiger charge is 2.18. The Bertz CT molecular complexity index is 377. The van der Waals surface area contributed by atoms with E-state index in [1.54, 1.807) is 0 Å². The van der Waals surface area contributed by atoms with Gasteiger partial charge in [-0.2, -0.15) is 0 Å². The van der Waals surface area contributed by atoms with E-state index in [0.717, 1.165) is 35.8 Å². The van der Waals surface area contributed by atoms with Crippen molar-refractivity contribution in [2.75, 3.05) is 13.2 Å². The van der Waals surface area contributed by atoms with Crippen LogP contribution in [0.25, 0.3) is 0 Å². The monoisotopic (exact) mass is 311 g/mol. The molecule has 0 heterocycles. The zero-order valence-electron chi connectivity index (χ0n) is 11.0. The second kappa shape index (κ2) is 7.15. The summed E-state index contributed by atoms with van der Waals surface area (Å²) in [4.78, 5) is 0. The van der Waals surface area contributed by atoms with Crippen molar-refractivity contribution in [3.63, 3.8) is 0 Å². The topological polar surface area (TPSA) is 21.3 Å². The van der Waals surface area contributed by atoms with Crippen molar-refractivity contribution in [2.45, 2.75) is 39.2 Å². The van der Waals surface area contributed by atoms with E-state index in [2.05, 4.69) is 46.4 Å². The first-order chi connectivity index (χ1) is 8.79. The van der Waals surface area contributed by atoms with E-state index >= 15 is 0 Å². The number of rotatable bonds is 7. The van der Waals surface area contributed by atoms with Crippen LogP contribution in [0.3, 0.4) is 0 Å². The summed E-state index contributed by atoms with van der Waals surface area (Å²) in [6, 6.07) is 6.37. The molecule has 1 saturated carbocycles. The van der Waals surface area contributed by atoms with Gasteiger partial charge in [-0.05, 0) is 65.4 Å². The quantitative estimate of drug-likeness (QED) is 0.765. The van der Waals surface area contributed by atoms with Gasteiger partial charge in [-0.1, -0.05) is 19.4 Å². The first kappa shape index (κ1) is 13.9. The fourth-order valence-electron chi connectivity index (χ4n) is 2.05. The maximum Gasteiger partial charge on any atom is 0.133 e. The molecule has 0 saturated heterocycles. The molecule has 1 aliphatic rings. The van der Waals surface area contributed by atoms with Gasteiger partial charge in [0.2, 0.25) is 0 Å². The van der Waals surface area contributed by atoms with Crippen LogP contribution in [0.5, 0.6) is 5.75 Å². The van der Waals surface area contributed by atoms with Gasteiger partial charge in [0, 0.05) is 6.54 Å². The molecule has 0 aromatic heterocycles. The average molecular weight is 312 g/mol. The van der Waals surface area contributed by atoms with Crippen molar-refractivity contribution in [3.8, 4) is 5.75 Å². The van der Waals surface area contributed by atoms with Crippen molar-refractivity contribution >= 4 is 15.9 Å². The predicted molar refractivity (Wildman–Crippen MR) is 79.0 cm³/mol. The van der Waals surface area contributed by atoms with Crippen molar-refractivity contribution < 1.29 is 4.74 Å². The van der Waals surface area contributed by atoms with E-state index in [1.807, 2.05) is 0 Å². The molecule has 0 unspecified atom stereocenters. The van der Waals surface area contributed by atoms with Crippen LogP contribution in [0.1, 0.15) is 38.2 Å². The summed E-state index contributed by atoms with van der Waals surface area (Å²) < 4.78 is 6.92. The molecule has 0 spiro atoms. The summed E-state index contributed by atoms with van der Waals surface area (Å²) in [5.74, 6) is 1.75. The highest BCUT2D eigenvalue weighted by Crippen LogP contribution is 2.30. The smallest absolute Gasteiger partial charge is 0.133 e. The normalized spacial score (nSPS) is 15.4. The fraction of sp³-hybridized carbons (Fsp3) is 0.600. The van der Waals surface area contributed by atoms with Gasteiger partial charge in [0.1, 0.15) is 5.75 Å². The zero-order valence-corrected chi connectivity index (χ0v) is 12.6. The molecule has 18 heavy (non-hydrogen) atoms. The summed E-state index contributed by atoms with van der Waals surface area (Å²) in [6.07, 6.45) is 5.20. The highest BCUT2D eigenvalue weighted by molar-refractivity contribution is 9.10. The number of ether oxygens (including phenoxy) is 1. The lowest BCUT2D eigenvalue weighted by molar-refractivity contribution is 0.180. The van der Waals surface area contributed by atoms with E-state index in [-0.39, 0.29) is 0 Å². The first-order valence-corrected chi connectivity index (χ1v) is 7.71. The third kappa shape index (κ3) is 3.99. The van der Waals surface area contributed by atoms with Gasteiger partial charge >= 0.3 is 0 Å². The lowest BCUT2D eigenvalue weighted by Gasteiger charge is -2.25. The minimum absolute atomic E-state index is 0.780. The van der Waals surface area contributed by atoms with E-state index < -0.39 is 0 Å². The van der Waals surface area contributed by atoms with Gasteiger partial charge < -0.3 is 10.1 Å². The highest BCUT2D eigenvalue weighted by atomic mass is 79.9. The Morgan fingerprint density at radius 2 is 2.22 bits per heavy atom. The van der Waals surface area contributed by atoms with Crippen LogP contribution in [0.4, 0.5) is 0 Å². The lowest BCUT2D eigenvalue weighted by atomic mass is 9.86. The molecular weight excluding hydrogens is 290 g/mol. The Hall–Kier alpha value is -0.540. The molecule has 1 N–H and O–H groups in total. The van der Waals surface area contributed by atoms with Crippen LogP contribution in [0.2, 0.25) is 0 Å². The molecule has 0 atom stereocenters. The second-order valence-corrected chi connectivity index (χ2v) is 5.90. The summed E-state index contributed by atoms with van der Waals surface area (Å²) in [5.41, 5.74) is 1.30. The van der Waals surface area contributed by atoms with Gasteiger partial charge in [0.25, 0.3) is 0 Å². The SMILES string of the molecule is CCCNCc1ccc(OCC2CCC2)c(Br)c1. The van der Waals surface area contributed by atoms with Crippen LogP contribution in [-0.4, -0.2) is 13.2 Å². The summed E-state index contributed by atoms with van der Waals surface area (Å²) in [7, 11) is 0. The maximum absolute atomic E-state index is 5.85. The molecule has 3 heteroatoms. The van der Waals surface area contributed by atoms with E-state index in [1.165, 1.54) is 31.2 Å². The van der Waals surface area contributed by atoms with Crippen LogP contribution in [0.15, 0.2) is 22.7 Å². The number of hydrogen-bond donors (Lipinski definition) is 1. The molecule has 2 nitrogen and oxygen atoms in total. The molecule has 0 radical (unpaired) electrons. The van der Waals surface area contributed by atoms with Gasteiger partial charge in [-0.25, -0.2) is 0 Å². The van der Waals surface area contributed by atoms with Crippen molar-refractivity contribution in [1.82, 2.24) is 5.32 Å². The van der Waals surface area contributed by atoms with Gasteiger partial charge in [-0.3, -0.25) is 0 Å². The van der Waals surface area contributed by atoms with Crippen LogP contribution in [-0.2, 0) is 6.54 Å². The number of benzene rings is 1. The first-order valence-electron chi connectivity index (χ1n) is 6.91. The molecule has 0 amide bonds. The van der Waals surface area contributed by atoms with Gasteiger partial charge in [0.05, 0.1) is 11.1 Å². The Kier molecular flexibility index (Phi) is 5.51. The molecule has 0 aliphatic heterocycles. The Morgan fingerprint density at radius 3 is 2.83 bits per heavy atom. The zero-order chi connectivity index (χ0) is 12.8. The molecule has 1 fully saturated rings. The third-order valence-electron chi connectivity index (χ3n) is 3.45. The van der Waals surface area contributed by atoms with Gasteiger partial charge in [-0.15, -0.1) is 0 Å². The van der Waals surface area contributed by atoms with Crippen LogP contribution >= 0.6 is 15.9 Å². The third-order valence-corrected chi connectivity index (χ3v) is 4.07. The number of nitrogens with one attached hydrogen (secondary N) is 1. The maximum atomic E-state index is 5.85. The lowest BCUT2D eigenvalue weighted by Crippen LogP contribution is -2.19. The molecule has 1 aromatic rings. The van der Waals surface area contributed by atoms with Crippen molar-refractivity contribution in [3.05, 3.63) is 28.2 Å². The second-order valence-electron chi connectivity index (χ2n) is 5.05. The average Bonchev–Trinajstić information content (AvgIpc) is 2.30. The van der Waals surface area contributed by atoms with Crippen LogP contribution < -0.4 is 10.1 Å². The number of halogens is 1. The molecule has 1 aromatic carbocycles. The molecular formula is C15H22BrNO. The Balaban J connectivity index is 1.83. The minimum atomic E-state index is 0.780. The van der Waals surface area contributed by atoms with E-state index in [4.69, 9.17) is 4.74 Å². The Morgan fingerprint density at radius 1 is 1.39 bits per heavy atom. The number of hydrogen-bond acceptors (Lipinski definition) is 2. The molecule has 1 aliphatic carbocycles. The van der Waals surface area contributed by atoms with E-state index in [9.17, 15) is 0 Å². The van der Waals surface area contributed by atoms with Crippen molar-refractivity contribution in [1.29, 1.82) is 0 Å². The summed E-state index contributed by atoms with van der Waals surface area (Å²) >= 11 is 3.59. The van der Waals surface area contributed by atoms with Crippen LogP contribution in [0, 0.1) is 5.92 Å². The molecule has 2 rings (SSSR count). The largest absolute Gasteiger partial charge is 0.492 e. The molecule has 0 bridgehead atoms. The predicted octanol–water partition coefficient (Wildman–Crippen LogP) is 4.13. The summed E-state index contributed by atoms with van der Waals surface area (Å²) in [6.45, 7) is 5.04. The minimum Gasteiger partial charge on any atom is -0.492 e. The fourth-order valence-corrected chi connectivity index (χ4v) is 2.59. The van der Waals surface area contributed by atoms with Gasteiger partial charge in [0.15, 0.2) is 0 Å². The van der Waals surface area contributed by atoms with E-state index in [0.29, 0.717) is 0 Å².